The highest BCUT2D eigenvalue weighted by atomic mass is 32.2. The normalized spacial score (nSPS) is 11.5. The zero-order chi connectivity index (χ0) is 19.1. The second kappa shape index (κ2) is 8.99. The van der Waals surface area contributed by atoms with Crippen LogP contribution in [0.25, 0.3) is 5.69 Å². The second-order valence-electron chi connectivity index (χ2n) is 5.05. The lowest BCUT2D eigenvalue weighted by Crippen LogP contribution is -2.43. The molecule has 2 rings (SSSR count). The molecule has 10 heteroatoms. The van der Waals surface area contributed by atoms with Crippen molar-refractivity contribution >= 4 is 29.7 Å². The summed E-state index contributed by atoms with van der Waals surface area (Å²) in [5.74, 6) is -1.88. The highest BCUT2D eigenvalue weighted by Gasteiger charge is 2.20. The van der Waals surface area contributed by atoms with Gasteiger partial charge in [0.2, 0.25) is 0 Å². The van der Waals surface area contributed by atoms with Crippen molar-refractivity contribution in [1.29, 1.82) is 0 Å². The van der Waals surface area contributed by atoms with E-state index in [-0.39, 0.29) is 11.6 Å². The minimum absolute atomic E-state index is 0.107. The maximum Gasteiger partial charge on any atom is 0.321 e. The topological polar surface area (TPSA) is 102 Å². The number of carbonyl (C=O) groups is 3. The van der Waals surface area contributed by atoms with Crippen molar-refractivity contribution in [3.05, 3.63) is 42.5 Å². The molecule has 26 heavy (non-hydrogen) atoms. The van der Waals surface area contributed by atoms with Crippen LogP contribution in [-0.2, 0) is 14.3 Å². The van der Waals surface area contributed by atoms with Crippen LogP contribution >= 0.6 is 11.8 Å². The molecule has 0 saturated heterocycles. The molecule has 8 nitrogen and oxygen atoms in total. The molecule has 3 amide bonds. The SMILES string of the molecule is CNC(=O)NC(=O)[C@H](C)OC(=O)CSc1nccn1-c1cccc(F)c1. The molecule has 0 unspecified atom stereocenters. The molecule has 0 radical (unpaired) electrons. The van der Waals surface area contributed by atoms with Crippen molar-refractivity contribution in [2.75, 3.05) is 12.8 Å². The Kier molecular flexibility index (Phi) is 6.73. The second-order valence-corrected chi connectivity index (χ2v) is 5.99. The van der Waals surface area contributed by atoms with Crippen LogP contribution in [0.15, 0.2) is 41.8 Å². The van der Waals surface area contributed by atoms with Gasteiger partial charge < -0.3 is 10.1 Å². The van der Waals surface area contributed by atoms with Gasteiger partial charge in [0.1, 0.15) is 5.82 Å². The number of aromatic nitrogens is 2. The van der Waals surface area contributed by atoms with E-state index in [0.29, 0.717) is 10.8 Å². The van der Waals surface area contributed by atoms with E-state index in [9.17, 15) is 18.8 Å². The van der Waals surface area contributed by atoms with Gasteiger partial charge in [0.25, 0.3) is 5.91 Å². The number of imide groups is 1. The standard InChI is InChI=1S/C16H17FN4O4S/c1-10(14(23)20-15(24)18-2)25-13(22)9-26-16-19-6-7-21(16)12-5-3-4-11(17)8-12/h3-8,10H,9H2,1-2H3,(H2,18,20,23,24)/t10-/m0/s1. The van der Waals surface area contributed by atoms with E-state index in [1.54, 1.807) is 22.9 Å². The van der Waals surface area contributed by atoms with Crippen LogP contribution in [0, 0.1) is 5.82 Å². The first-order valence-electron chi connectivity index (χ1n) is 7.55. The Balaban J connectivity index is 1.91. The molecule has 0 bridgehead atoms. The minimum Gasteiger partial charge on any atom is -0.452 e. The summed E-state index contributed by atoms with van der Waals surface area (Å²) in [5.41, 5.74) is 0.566. The average molecular weight is 380 g/mol. The van der Waals surface area contributed by atoms with Crippen LogP contribution in [0.5, 0.6) is 0 Å². The number of amides is 3. The summed E-state index contributed by atoms with van der Waals surface area (Å²) in [4.78, 5) is 38.7. The fraction of sp³-hybridized carbons (Fsp3) is 0.250. The predicted octanol–water partition coefficient (Wildman–Crippen LogP) is 1.49. The average Bonchev–Trinajstić information content (AvgIpc) is 3.08. The lowest BCUT2D eigenvalue weighted by Gasteiger charge is -2.12. The molecule has 1 aromatic heterocycles. The molecule has 2 N–H and O–H groups in total. The molecule has 138 valence electrons. The number of carbonyl (C=O) groups excluding carboxylic acids is 3. The summed E-state index contributed by atoms with van der Waals surface area (Å²) in [6.07, 6.45) is 2.04. The van der Waals surface area contributed by atoms with Crippen LogP contribution in [0.4, 0.5) is 9.18 Å². The third kappa shape index (κ3) is 5.31. The molecule has 0 saturated carbocycles. The number of hydrogen-bond donors (Lipinski definition) is 2. The summed E-state index contributed by atoms with van der Waals surface area (Å²) in [6.45, 7) is 1.36. The molecule has 2 aromatic rings. The van der Waals surface area contributed by atoms with E-state index in [4.69, 9.17) is 4.74 Å². The molecular formula is C16H17FN4O4S. The number of halogens is 1. The van der Waals surface area contributed by atoms with E-state index in [2.05, 4.69) is 10.3 Å². The van der Waals surface area contributed by atoms with E-state index in [0.717, 1.165) is 11.8 Å². The largest absolute Gasteiger partial charge is 0.452 e. The molecule has 0 aliphatic carbocycles. The molecule has 1 atom stereocenters. The number of nitrogens with zero attached hydrogens (tertiary/aromatic N) is 2. The van der Waals surface area contributed by atoms with Gasteiger partial charge in [0.15, 0.2) is 11.3 Å². The monoisotopic (exact) mass is 380 g/mol. The summed E-state index contributed by atoms with van der Waals surface area (Å²) >= 11 is 1.08. The van der Waals surface area contributed by atoms with Crippen molar-refractivity contribution in [3.8, 4) is 5.69 Å². The number of thioether (sulfide) groups is 1. The summed E-state index contributed by atoms with van der Waals surface area (Å²) in [7, 11) is 1.36. The third-order valence-electron chi connectivity index (χ3n) is 3.15. The van der Waals surface area contributed by atoms with Crippen LogP contribution in [-0.4, -0.2) is 46.4 Å². The van der Waals surface area contributed by atoms with E-state index in [1.165, 1.54) is 32.3 Å². The van der Waals surface area contributed by atoms with Crippen LogP contribution in [0.3, 0.4) is 0 Å². The molecule has 1 heterocycles. The van der Waals surface area contributed by atoms with E-state index >= 15 is 0 Å². The van der Waals surface area contributed by atoms with Gasteiger partial charge in [0.05, 0.1) is 11.4 Å². The summed E-state index contributed by atoms with van der Waals surface area (Å²) < 4.78 is 20.0. The smallest absolute Gasteiger partial charge is 0.321 e. The number of urea groups is 1. The van der Waals surface area contributed by atoms with Gasteiger partial charge in [-0.15, -0.1) is 0 Å². The fourth-order valence-corrected chi connectivity index (χ4v) is 2.66. The van der Waals surface area contributed by atoms with Crippen molar-refractivity contribution in [1.82, 2.24) is 20.2 Å². The zero-order valence-corrected chi connectivity index (χ0v) is 14.9. The molecule has 0 fully saturated rings. The van der Waals surface area contributed by atoms with Crippen molar-refractivity contribution in [3.63, 3.8) is 0 Å². The number of hydrogen-bond acceptors (Lipinski definition) is 6. The van der Waals surface area contributed by atoms with Crippen LogP contribution in [0.1, 0.15) is 6.92 Å². The van der Waals surface area contributed by atoms with E-state index < -0.39 is 24.0 Å². The number of ether oxygens (including phenoxy) is 1. The lowest BCUT2D eigenvalue weighted by molar-refractivity contribution is -0.151. The van der Waals surface area contributed by atoms with Gasteiger partial charge in [-0.05, 0) is 25.1 Å². The number of rotatable bonds is 6. The summed E-state index contributed by atoms with van der Waals surface area (Å²) in [5, 5.41) is 4.70. The molecular weight excluding hydrogens is 363 g/mol. The Morgan fingerprint density at radius 2 is 2.15 bits per heavy atom. The Labute approximate surface area is 153 Å². The van der Waals surface area contributed by atoms with Crippen LogP contribution in [0.2, 0.25) is 0 Å². The van der Waals surface area contributed by atoms with Gasteiger partial charge in [-0.25, -0.2) is 14.2 Å². The third-order valence-corrected chi connectivity index (χ3v) is 4.09. The number of benzene rings is 1. The van der Waals surface area contributed by atoms with Gasteiger partial charge in [-0.1, -0.05) is 17.8 Å². The van der Waals surface area contributed by atoms with Gasteiger partial charge in [-0.2, -0.15) is 0 Å². The zero-order valence-electron chi connectivity index (χ0n) is 14.1. The number of imidazole rings is 1. The molecule has 0 aliphatic heterocycles. The maximum atomic E-state index is 13.4. The van der Waals surface area contributed by atoms with Crippen molar-refractivity contribution in [2.45, 2.75) is 18.2 Å². The molecule has 0 aliphatic rings. The highest BCUT2D eigenvalue weighted by molar-refractivity contribution is 7.99. The fourth-order valence-electron chi connectivity index (χ4n) is 1.90. The predicted molar refractivity (Wildman–Crippen MR) is 92.4 cm³/mol. The first-order chi connectivity index (χ1) is 12.4. The van der Waals surface area contributed by atoms with Gasteiger partial charge >= 0.3 is 12.0 Å². The maximum absolute atomic E-state index is 13.4. The Bertz CT molecular complexity index is 811. The van der Waals surface area contributed by atoms with Crippen LogP contribution < -0.4 is 10.6 Å². The molecule has 1 aromatic carbocycles. The quantitative estimate of drug-likeness (QED) is 0.582. The van der Waals surface area contributed by atoms with Crippen molar-refractivity contribution < 1.29 is 23.5 Å². The Morgan fingerprint density at radius 3 is 2.85 bits per heavy atom. The highest BCUT2D eigenvalue weighted by Crippen LogP contribution is 2.21. The Hall–Kier alpha value is -2.88. The number of nitrogens with one attached hydrogen (secondary N) is 2. The van der Waals surface area contributed by atoms with Gasteiger partial charge in [0, 0.05) is 19.4 Å². The minimum atomic E-state index is -1.12. The first kappa shape index (κ1) is 19.4. The number of esters is 1. The Morgan fingerprint density at radius 1 is 1.38 bits per heavy atom. The lowest BCUT2D eigenvalue weighted by atomic mass is 10.3. The van der Waals surface area contributed by atoms with Gasteiger partial charge in [-0.3, -0.25) is 19.5 Å². The summed E-state index contributed by atoms with van der Waals surface area (Å²) in [6, 6.07) is 5.26. The first-order valence-corrected chi connectivity index (χ1v) is 8.53. The van der Waals surface area contributed by atoms with E-state index in [1.807, 2.05) is 5.32 Å². The van der Waals surface area contributed by atoms with Crippen molar-refractivity contribution in [2.24, 2.45) is 0 Å². The molecule has 0 spiro atoms.